The summed E-state index contributed by atoms with van der Waals surface area (Å²) in [7, 11) is 0. The number of carbonyl (C=O) groups excluding carboxylic acids is 1. The fourth-order valence-electron chi connectivity index (χ4n) is 1.72. The highest BCUT2D eigenvalue weighted by atomic mass is 16.5. The molecule has 0 saturated carbocycles. The number of unbranched alkanes of at least 4 members (excludes halogenated alkanes) is 2. The first-order valence-electron chi connectivity index (χ1n) is 7.18. The molecular formula is C14H28N2O4. The molecule has 6 nitrogen and oxygen atoms in total. The largest absolute Gasteiger partial charge is 0.480 e. The topological polar surface area (TPSA) is 87.7 Å². The molecule has 0 heterocycles. The summed E-state index contributed by atoms with van der Waals surface area (Å²) in [6, 6.07) is -0.243. The van der Waals surface area contributed by atoms with E-state index in [0.29, 0.717) is 13.1 Å². The first-order chi connectivity index (χ1) is 9.37. The first kappa shape index (κ1) is 18.7. The van der Waals surface area contributed by atoms with Gasteiger partial charge in [-0.2, -0.15) is 0 Å². The van der Waals surface area contributed by atoms with Crippen molar-refractivity contribution in [1.82, 2.24) is 10.6 Å². The van der Waals surface area contributed by atoms with E-state index in [9.17, 15) is 9.59 Å². The average Bonchev–Trinajstić information content (AvgIpc) is 2.36. The second-order valence-electron chi connectivity index (χ2n) is 5.68. The van der Waals surface area contributed by atoms with Crippen molar-refractivity contribution in [2.24, 2.45) is 5.41 Å². The minimum absolute atomic E-state index is 0.0896. The Morgan fingerprint density at radius 3 is 2.50 bits per heavy atom. The van der Waals surface area contributed by atoms with Gasteiger partial charge in [-0.15, -0.1) is 0 Å². The fourth-order valence-corrected chi connectivity index (χ4v) is 1.72. The molecule has 0 rings (SSSR count). The van der Waals surface area contributed by atoms with Gasteiger partial charge < -0.3 is 20.5 Å². The van der Waals surface area contributed by atoms with Crippen LogP contribution in [0.3, 0.4) is 0 Å². The van der Waals surface area contributed by atoms with Crippen LogP contribution < -0.4 is 10.6 Å². The summed E-state index contributed by atoms with van der Waals surface area (Å²) >= 11 is 0. The van der Waals surface area contributed by atoms with Crippen molar-refractivity contribution in [3.63, 3.8) is 0 Å². The molecule has 0 aliphatic carbocycles. The number of carbonyl (C=O) groups is 2. The van der Waals surface area contributed by atoms with Crippen molar-refractivity contribution in [2.75, 3.05) is 26.3 Å². The Morgan fingerprint density at radius 1 is 1.20 bits per heavy atom. The number of carboxylic acid groups (broad SMARTS) is 1. The molecule has 0 bridgehead atoms. The zero-order valence-corrected chi connectivity index (χ0v) is 12.8. The molecule has 3 N–H and O–H groups in total. The molecule has 20 heavy (non-hydrogen) atoms. The molecule has 0 aromatic heterocycles. The monoisotopic (exact) mass is 288 g/mol. The Hall–Kier alpha value is -1.30. The van der Waals surface area contributed by atoms with Crippen molar-refractivity contribution in [2.45, 2.75) is 46.5 Å². The van der Waals surface area contributed by atoms with Crippen LogP contribution in [-0.2, 0) is 9.53 Å². The maximum atomic E-state index is 11.5. The van der Waals surface area contributed by atoms with Crippen molar-refractivity contribution in [3.05, 3.63) is 0 Å². The summed E-state index contributed by atoms with van der Waals surface area (Å²) < 4.78 is 4.81. The molecule has 0 fully saturated rings. The van der Waals surface area contributed by atoms with E-state index in [2.05, 4.69) is 31.4 Å². The third kappa shape index (κ3) is 11.8. The third-order valence-corrected chi connectivity index (χ3v) is 2.94. The highest BCUT2D eigenvalue weighted by molar-refractivity contribution is 5.73. The van der Waals surface area contributed by atoms with Crippen molar-refractivity contribution < 1.29 is 19.4 Å². The zero-order valence-electron chi connectivity index (χ0n) is 12.8. The van der Waals surface area contributed by atoms with Crippen LogP contribution in [0, 0.1) is 5.41 Å². The quantitative estimate of drug-likeness (QED) is 0.507. The SMILES string of the molecule is CCCCCC(C)(C)CNC(=O)NCCOCC(=O)O. The van der Waals surface area contributed by atoms with Crippen LogP contribution in [0.15, 0.2) is 0 Å². The van der Waals surface area contributed by atoms with Crippen molar-refractivity contribution >= 4 is 12.0 Å². The van der Waals surface area contributed by atoms with E-state index >= 15 is 0 Å². The smallest absolute Gasteiger partial charge is 0.329 e. The van der Waals surface area contributed by atoms with Gasteiger partial charge in [0.05, 0.1) is 6.61 Å². The molecule has 0 saturated heterocycles. The van der Waals surface area contributed by atoms with Crippen molar-refractivity contribution in [1.29, 1.82) is 0 Å². The lowest BCUT2D eigenvalue weighted by Gasteiger charge is -2.25. The summed E-state index contributed by atoms with van der Waals surface area (Å²) in [4.78, 5) is 21.7. The van der Waals surface area contributed by atoms with Gasteiger partial charge in [0.2, 0.25) is 0 Å². The summed E-state index contributed by atoms with van der Waals surface area (Å²) in [5.74, 6) is -1.01. The molecule has 6 heteroatoms. The summed E-state index contributed by atoms with van der Waals surface area (Å²) in [5.41, 5.74) is 0.0896. The van der Waals surface area contributed by atoms with Gasteiger partial charge >= 0.3 is 12.0 Å². The van der Waals surface area contributed by atoms with E-state index in [-0.39, 0.29) is 24.7 Å². The number of rotatable bonds is 11. The Labute approximate surface area is 121 Å². The molecule has 2 amide bonds. The number of urea groups is 1. The van der Waals surface area contributed by atoms with E-state index < -0.39 is 5.97 Å². The predicted molar refractivity (Wildman–Crippen MR) is 77.8 cm³/mol. The van der Waals surface area contributed by atoms with Gasteiger partial charge in [0, 0.05) is 13.1 Å². The summed E-state index contributed by atoms with van der Waals surface area (Å²) in [6.45, 7) is 7.23. The average molecular weight is 288 g/mol. The van der Waals surface area contributed by atoms with Gasteiger partial charge in [-0.25, -0.2) is 9.59 Å². The van der Waals surface area contributed by atoms with Crippen LogP contribution in [0.25, 0.3) is 0 Å². The number of hydrogen-bond donors (Lipinski definition) is 3. The summed E-state index contributed by atoms with van der Waals surface area (Å²) in [6.07, 6.45) is 4.68. The second kappa shape index (κ2) is 10.5. The maximum absolute atomic E-state index is 11.5. The number of hydrogen-bond acceptors (Lipinski definition) is 3. The number of amides is 2. The Morgan fingerprint density at radius 2 is 1.90 bits per heavy atom. The first-order valence-corrected chi connectivity index (χ1v) is 7.18. The normalized spacial score (nSPS) is 11.2. The molecule has 0 aliphatic heterocycles. The van der Waals surface area contributed by atoms with Crippen LogP contribution in [-0.4, -0.2) is 43.4 Å². The van der Waals surface area contributed by atoms with E-state index in [1.807, 2.05) is 0 Å². The maximum Gasteiger partial charge on any atom is 0.329 e. The van der Waals surface area contributed by atoms with Gasteiger partial charge in [-0.1, -0.05) is 40.0 Å². The van der Waals surface area contributed by atoms with E-state index in [4.69, 9.17) is 9.84 Å². The Kier molecular flexibility index (Phi) is 9.80. The molecule has 0 aromatic rings. The number of ether oxygens (including phenoxy) is 1. The van der Waals surface area contributed by atoms with Gasteiger partial charge in [0.25, 0.3) is 0 Å². The fraction of sp³-hybridized carbons (Fsp3) is 0.857. The zero-order chi connectivity index (χ0) is 15.4. The second-order valence-corrected chi connectivity index (χ2v) is 5.68. The minimum atomic E-state index is -1.01. The van der Waals surface area contributed by atoms with Gasteiger partial charge in [-0.3, -0.25) is 0 Å². The molecule has 0 aromatic carbocycles. The van der Waals surface area contributed by atoms with Crippen LogP contribution in [0.5, 0.6) is 0 Å². The molecular weight excluding hydrogens is 260 g/mol. The van der Waals surface area contributed by atoms with E-state index in [1.165, 1.54) is 19.3 Å². The lowest BCUT2D eigenvalue weighted by Crippen LogP contribution is -2.41. The van der Waals surface area contributed by atoms with E-state index in [0.717, 1.165) is 6.42 Å². The minimum Gasteiger partial charge on any atom is -0.480 e. The lowest BCUT2D eigenvalue weighted by molar-refractivity contribution is -0.142. The standard InChI is InChI=1S/C14H28N2O4/c1-4-5-6-7-14(2,3)11-16-13(19)15-8-9-20-10-12(17)18/h4-11H2,1-3H3,(H,17,18)(H2,15,16,19). The van der Waals surface area contributed by atoms with Gasteiger partial charge in [-0.05, 0) is 11.8 Å². The van der Waals surface area contributed by atoms with Crippen LogP contribution in [0.1, 0.15) is 46.5 Å². The molecule has 0 unspecified atom stereocenters. The van der Waals surface area contributed by atoms with Crippen molar-refractivity contribution in [3.8, 4) is 0 Å². The van der Waals surface area contributed by atoms with Gasteiger partial charge in [0.15, 0.2) is 0 Å². The molecule has 0 radical (unpaired) electrons. The van der Waals surface area contributed by atoms with E-state index in [1.54, 1.807) is 0 Å². The molecule has 118 valence electrons. The third-order valence-electron chi connectivity index (χ3n) is 2.94. The molecule has 0 aliphatic rings. The number of carboxylic acids is 1. The van der Waals surface area contributed by atoms with Crippen LogP contribution in [0.2, 0.25) is 0 Å². The van der Waals surface area contributed by atoms with Crippen LogP contribution >= 0.6 is 0 Å². The summed E-state index contributed by atoms with van der Waals surface area (Å²) in [5, 5.41) is 13.8. The van der Waals surface area contributed by atoms with Gasteiger partial charge in [0.1, 0.15) is 6.61 Å². The highest BCUT2D eigenvalue weighted by Crippen LogP contribution is 2.22. The van der Waals surface area contributed by atoms with Crippen LogP contribution in [0.4, 0.5) is 4.79 Å². The highest BCUT2D eigenvalue weighted by Gasteiger charge is 2.18. The Bertz CT molecular complexity index is 293. The lowest BCUT2D eigenvalue weighted by atomic mass is 9.87. The number of nitrogens with one attached hydrogen (secondary N) is 2. The number of aliphatic carboxylic acids is 1. The predicted octanol–water partition coefficient (Wildman–Crippen LogP) is 1.99. The molecule has 0 spiro atoms. The Balaban J connectivity index is 3.62. The molecule has 0 atom stereocenters.